The lowest BCUT2D eigenvalue weighted by Gasteiger charge is -2.06. The summed E-state index contributed by atoms with van der Waals surface area (Å²) in [6, 6.07) is 0. The van der Waals surface area contributed by atoms with Gasteiger partial charge in [0, 0.05) is 24.5 Å². The van der Waals surface area contributed by atoms with E-state index in [9.17, 15) is 5.11 Å². The standard InChI is InChI=1S/C11H16N2O/c1-4-9-6-13-8(3)11(14)10(9)7-12-5-2/h6-7,14H,4-5H2,1-3H3/b12-7-. The van der Waals surface area contributed by atoms with Crippen molar-refractivity contribution in [1.29, 1.82) is 0 Å². The van der Waals surface area contributed by atoms with E-state index in [0.29, 0.717) is 5.69 Å². The van der Waals surface area contributed by atoms with Crippen LogP contribution in [0.25, 0.3) is 0 Å². The summed E-state index contributed by atoms with van der Waals surface area (Å²) in [4.78, 5) is 8.25. The van der Waals surface area contributed by atoms with Crippen LogP contribution in [0.4, 0.5) is 0 Å². The summed E-state index contributed by atoms with van der Waals surface area (Å²) in [7, 11) is 0. The molecule has 3 heteroatoms. The van der Waals surface area contributed by atoms with Crippen molar-refractivity contribution < 1.29 is 5.11 Å². The Hall–Kier alpha value is -1.38. The molecule has 14 heavy (non-hydrogen) atoms. The molecule has 0 fully saturated rings. The molecule has 0 aliphatic heterocycles. The number of aromatic nitrogens is 1. The largest absolute Gasteiger partial charge is 0.505 e. The molecule has 1 heterocycles. The topological polar surface area (TPSA) is 45.5 Å². The van der Waals surface area contributed by atoms with Crippen LogP contribution in [0.3, 0.4) is 0 Å². The van der Waals surface area contributed by atoms with E-state index in [1.807, 2.05) is 13.8 Å². The molecule has 0 aliphatic rings. The second kappa shape index (κ2) is 4.74. The molecule has 0 saturated heterocycles. The zero-order chi connectivity index (χ0) is 10.6. The van der Waals surface area contributed by atoms with Gasteiger partial charge in [0.25, 0.3) is 0 Å². The molecule has 0 saturated carbocycles. The molecule has 0 amide bonds. The predicted octanol–water partition coefficient (Wildman–Crippen LogP) is 2.10. The third-order valence-electron chi connectivity index (χ3n) is 2.14. The molecule has 1 aromatic heterocycles. The Balaban J connectivity index is 3.21. The molecule has 1 rings (SSSR count). The maximum absolute atomic E-state index is 9.78. The van der Waals surface area contributed by atoms with E-state index < -0.39 is 0 Å². The Morgan fingerprint density at radius 3 is 2.79 bits per heavy atom. The first kappa shape index (κ1) is 10.7. The highest BCUT2D eigenvalue weighted by Crippen LogP contribution is 2.22. The Morgan fingerprint density at radius 1 is 1.50 bits per heavy atom. The molecule has 76 valence electrons. The third-order valence-corrected chi connectivity index (χ3v) is 2.14. The maximum Gasteiger partial charge on any atom is 0.145 e. The highest BCUT2D eigenvalue weighted by molar-refractivity contribution is 5.85. The second-order valence-corrected chi connectivity index (χ2v) is 3.11. The lowest BCUT2D eigenvalue weighted by Crippen LogP contribution is -1.97. The molecule has 0 aliphatic carbocycles. The first-order valence-corrected chi connectivity index (χ1v) is 4.87. The molecular weight excluding hydrogens is 176 g/mol. The quantitative estimate of drug-likeness (QED) is 0.745. The zero-order valence-electron chi connectivity index (χ0n) is 8.91. The first-order valence-electron chi connectivity index (χ1n) is 4.87. The third kappa shape index (κ3) is 2.10. The van der Waals surface area contributed by atoms with Gasteiger partial charge >= 0.3 is 0 Å². The fourth-order valence-electron chi connectivity index (χ4n) is 1.26. The van der Waals surface area contributed by atoms with Crippen molar-refractivity contribution >= 4 is 6.21 Å². The van der Waals surface area contributed by atoms with Gasteiger partial charge in [0.15, 0.2) is 0 Å². The van der Waals surface area contributed by atoms with Gasteiger partial charge in [-0.05, 0) is 25.8 Å². The summed E-state index contributed by atoms with van der Waals surface area (Å²) in [5.41, 5.74) is 2.49. The summed E-state index contributed by atoms with van der Waals surface area (Å²) in [5.74, 6) is 0.251. The Bertz CT molecular complexity index is 345. The second-order valence-electron chi connectivity index (χ2n) is 3.11. The summed E-state index contributed by atoms with van der Waals surface area (Å²) < 4.78 is 0. The summed E-state index contributed by atoms with van der Waals surface area (Å²) in [5, 5.41) is 9.78. The highest BCUT2D eigenvalue weighted by Gasteiger charge is 2.07. The molecule has 1 N–H and O–H groups in total. The van der Waals surface area contributed by atoms with Gasteiger partial charge in [-0.15, -0.1) is 0 Å². The highest BCUT2D eigenvalue weighted by atomic mass is 16.3. The van der Waals surface area contributed by atoms with E-state index in [1.54, 1.807) is 19.3 Å². The number of pyridine rings is 1. The van der Waals surface area contributed by atoms with Gasteiger partial charge in [-0.1, -0.05) is 6.92 Å². The van der Waals surface area contributed by atoms with Gasteiger partial charge < -0.3 is 5.11 Å². The first-order chi connectivity index (χ1) is 6.70. The lowest BCUT2D eigenvalue weighted by atomic mass is 10.1. The number of rotatable bonds is 3. The van der Waals surface area contributed by atoms with Crippen molar-refractivity contribution in [2.45, 2.75) is 27.2 Å². The van der Waals surface area contributed by atoms with E-state index in [4.69, 9.17) is 0 Å². The van der Waals surface area contributed by atoms with Crippen LogP contribution in [-0.2, 0) is 6.42 Å². The van der Waals surface area contributed by atoms with Crippen molar-refractivity contribution in [3.8, 4) is 5.75 Å². The summed E-state index contributed by atoms with van der Waals surface area (Å²) >= 11 is 0. The molecule has 3 nitrogen and oxygen atoms in total. The van der Waals surface area contributed by atoms with Crippen molar-refractivity contribution in [2.24, 2.45) is 4.99 Å². The van der Waals surface area contributed by atoms with Crippen LogP contribution in [0.1, 0.15) is 30.7 Å². The molecule has 0 unspecified atom stereocenters. The van der Waals surface area contributed by atoms with E-state index in [-0.39, 0.29) is 5.75 Å². The van der Waals surface area contributed by atoms with Crippen molar-refractivity contribution in [3.05, 3.63) is 23.0 Å². The molecule has 0 radical (unpaired) electrons. The van der Waals surface area contributed by atoms with Crippen molar-refractivity contribution in [1.82, 2.24) is 4.98 Å². The fourth-order valence-corrected chi connectivity index (χ4v) is 1.26. The minimum Gasteiger partial charge on any atom is -0.505 e. The Morgan fingerprint density at radius 2 is 2.21 bits per heavy atom. The average Bonchev–Trinajstić information content (AvgIpc) is 2.20. The van der Waals surface area contributed by atoms with Gasteiger partial charge in [0.1, 0.15) is 5.75 Å². The minimum atomic E-state index is 0.251. The zero-order valence-corrected chi connectivity index (χ0v) is 8.91. The Labute approximate surface area is 84.5 Å². The average molecular weight is 192 g/mol. The number of aliphatic imine (C=N–C) groups is 1. The van der Waals surface area contributed by atoms with Gasteiger partial charge in [0.05, 0.1) is 5.69 Å². The van der Waals surface area contributed by atoms with E-state index in [0.717, 1.165) is 24.1 Å². The normalized spacial score (nSPS) is 11.1. The van der Waals surface area contributed by atoms with Crippen LogP contribution in [0, 0.1) is 6.92 Å². The van der Waals surface area contributed by atoms with Crippen LogP contribution in [0.15, 0.2) is 11.2 Å². The number of hydrogen-bond acceptors (Lipinski definition) is 3. The summed E-state index contributed by atoms with van der Waals surface area (Å²) in [6.07, 6.45) is 4.38. The molecule has 0 bridgehead atoms. The summed E-state index contributed by atoms with van der Waals surface area (Å²) in [6.45, 7) is 6.52. The fraction of sp³-hybridized carbons (Fsp3) is 0.455. The van der Waals surface area contributed by atoms with E-state index in [1.165, 1.54) is 0 Å². The molecule has 0 atom stereocenters. The van der Waals surface area contributed by atoms with E-state index >= 15 is 0 Å². The monoisotopic (exact) mass is 192 g/mol. The van der Waals surface area contributed by atoms with Gasteiger partial charge in [-0.3, -0.25) is 9.98 Å². The van der Waals surface area contributed by atoms with Crippen molar-refractivity contribution in [3.63, 3.8) is 0 Å². The SMILES string of the molecule is CC/N=C\c1c(CC)cnc(C)c1O. The van der Waals surface area contributed by atoms with Crippen LogP contribution < -0.4 is 0 Å². The number of aryl methyl sites for hydroxylation is 2. The molecule has 0 spiro atoms. The maximum atomic E-state index is 9.78. The smallest absolute Gasteiger partial charge is 0.145 e. The minimum absolute atomic E-state index is 0.251. The molecule has 1 aromatic rings. The van der Waals surface area contributed by atoms with Gasteiger partial charge in [0.2, 0.25) is 0 Å². The van der Waals surface area contributed by atoms with Gasteiger partial charge in [-0.2, -0.15) is 0 Å². The van der Waals surface area contributed by atoms with Gasteiger partial charge in [-0.25, -0.2) is 0 Å². The molecule has 0 aromatic carbocycles. The van der Waals surface area contributed by atoms with Crippen molar-refractivity contribution in [2.75, 3.05) is 6.54 Å². The number of nitrogens with zero attached hydrogens (tertiary/aromatic N) is 2. The van der Waals surface area contributed by atoms with Crippen LogP contribution >= 0.6 is 0 Å². The molecular formula is C11H16N2O. The lowest BCUT2D eigenvalue weighted by molar-refractivity contribution is 0.466. The van der Waals surface area contributed by atoms with Crippen LogP contribution in [-0.4, -0.2) is 22.8 Å². The van der Waals surface area contributed by atoms with Crippen LogP contribution in [0.2, 0.25) is 0 Å². The van der Waals surface area contributed by atoms with Crippen LogP contribution in [0.5, 0.6) is 5.75 Å². The predicted molar refractivity (Wildman–Crippen MR) is 58.2 cm³/mol. The number of aromatic hydroxyl groups is 1. The van der Waals surface area contributed by atoms with E-state index in [2.05, 4.69) is 9.98 Å². The number of hydrogen-bond donors (Lipinski definition) is 1. The Kier molecular flexibility index (Phi) is 3.63.